The Kier molecular flexibility index (Phi) is 6.92. The minimum absolute atomic E-state index is 0. The standard InChI is InChI=1S/C21H27N5O2.ClH/c1-25-14-17(10-24-25)18-11-22-12-19(18)21(28)23-9-15-4-6-16(7-5-15)13-26-8-2-3-20(26)27;/h4-7,10,14,18-19,22H,2-3,8-9,11-13H2,1H3,(H,23,28);1H/t18-,19+;/m1./s1. The van der Waals surface area contributed by atoms with Crippen LogP contribution in [0.2, 0.25) is 0 Å². The zero-order chi connectivity index (χ0) is 19.5. The van der Waals surface area contributed by atoms with Crippen LogP contribution in [0.5, 0.6) is 0 Å². The Morgan fingerprint density at radius 2 is 2.00 bits per heavy atom. The quantitative estimate of drug-likeness (QED) is 0.748. The van der Waals surface area contributed by atoms with Crippen LogP contribution < -0.4 is 10.6 Å². The van der Waals surface area contributed by atoms with Crippen molar-refractivity contribution < 1.29 is 9.59 Å². The monoisotopic (exact) mass is 417 g/mol. The van der Waals surface area contributed by atoms with Crippen molar-refractivity contribution >= 4 is 24.2 Å². The third-order valence-corrected chi connectivity index (χ3v) is 5.74. The molecule has 7 nitrogen and oxygen atoms in total. The van der Waals surface area contributed by atoms with E-state index in [4.69, 9.17) is 0 Å². The number of hydrogen-bond acceptors (Lipinski definition) is 4. The summed E-state index contributed by atoms with van der Waals surface area (Å²) >= 11 is 0. The second-order valence-electron chi connectivity index (χ2n) is 7.77. The van der Waals surface area contributed by atoms with Crippen LogP contribution >= 0.6 is 12.4 Å². The zero-order valence-electron chi connectivity index (χ0n) is 16.6. The maximum Gasteiger partial charge on any atom is 0.225 e. The van der Waals surface area contributed by atoms with Crippen molar-refractivity contribution in [3.05, 3.63) is 53.3 Å². The first-order chi connectivity index (χ1) is 13.6. The highest BCUT2D eigenvalue weighted by Crippen LogP contribution is 2.28. The highest BCUT2D eigenvalue weighted by atomic mass is 35.5. The molecule has 29 heavy (non-hydrogen) atoms. The van der Waals surface area contributed by atoms with Gasteiger partial charge in [0.15, 0.2) is 0 Å². The molecule has 0 bridgehead atoms. The van der Waals surface area contributed by atoms with Crippen LogP contribution in [0, 0.1) is 5.92 Å². The number of likely N-dealkylation sites (tertiary alicyclic amines) is 1. The molecule has 156 valence electrons. The second kappa shape index (κ2) is 9.41. The average molecular weight is 418 g/mol. The van der Waals surface area contributed by atoms with Crippen LogP contribution in [0.4, 0.5) is 0 Å². The SMILES string of the molecule is Cl.Cn1cc([C@H]2CNC[C@@H]2C(=O)NCc2ccc(CN3CCCC3=O)cc2)cn1. The molecule has 0 aliphatic carbocycles. The van der Waals surface area contributed by atoms with Gasteiger partial charge in [-0.15, -0.1) is 12.4 Å². The van der Waals surface area contributed by atoms with Gasteiger partial charge in [-0.3, -0.25) is 14.3 Å². The Hall–Kier alpha value is -2.38. The van der Waals surface area contributed by atoms with Gasteiger partial charge in [0.2, 0.25) is 11.8 Å². The summed E-state index contributed by atoms with van der Waals surface area (Å²) in [5.74, 6) is 0.397. The number of halogens is 1. The number of aromatic nitrogens is 2. The van der Waals surface area contributed by atoms with E-state index in [0.717, 1.165) is 36.2 Å². The lowest BCUT2D eigenvalue weighted by Gasteiger charge is -2.17. The molecule has 2 aliphatic rings. The number of hydrogen-bond donors (Lipinski definition) is 2. The highest BCUT2D eigenvalue weighted by Gasteiger charge is 2.34. The molecule has 0 spiro atoms. The van der Waals surface area contributed by atoms with Gasteiger partial charge >= 0.3 is 0 Å². The van der Waals surface area contributed by atoms with Gasteiger partial charge < -0.3 is 15.5 Å². The largest absolute Gasteiger partial charge is 0.352 e. The van der Waals surface area contributed by atoms with Gasteiger partial charge in [-0.25, -0.2) is 0 Å². The van der Waals surface area contributed by atoms with E-state index < -0.39 is 0 Å². The second-order valence-corrected chi connectivity index (χ2v) is 7.77. The molecule has 0 radical (unpaired) electrons. The van der Waals surface area contributed by atoms with E-state index in [1.54, 1.807) is 4.68 Å². The summed E-state index contributed by atoms with van der Waals surface area (Å²) in [6, 6.07) is 8.15. The summed E-state index contributed by atoms with van der Waals surface area (Å²) in [7, 11) is 1.89. The molecule has 1 aromatic carbocycles. The minimum atomic E-state index is -0.0790. The van der Waals surface area contributed by atoms with Gasteiger partial charge in [0.25, 0.3) is 0 Å². The van der Waals surface area contributed by atoms with Crippen LogP contribution in [0.1, 0.15) is 35.4 Å². The Balaban J connectivity index is 0.00000240. The molecule has 3 heterocycles. The first-order valence-corrected chi connectivity index (χ1v) is 9.93. The van der Waals surface area contributed by atoms with Crippen molar-refractivity contribution in [3.8, 4) is 0 Å². The van der Waals surface area contributed by atoms with E-state index in [2.05, 4.69) is 15.7 Å². The smallest absolute Gasteiger partial charge is 0.225 e. The van der Waals surface area contributed by atoms with Crippen LogP contribution in [0.15, 0.2) is 36.7 Å². The van der Waals surface area contributed by atoms with E-state index in [9.17, 15) is 9.59 Å². The molecule has 2 atom stereocenters. The highest BCUT2D eigenvalue weighted by molar-refractivity contribution is 5.85. The fourth-order valence-electron chi connectivity index (χ4n) is 4.11. The van der Waals surface area contributed by atoms with Crippen molar-refractivity contribution in [2.75, 3.05) is 19.6 Å². The Morgan fingerprint density at radius 1 is 1.24 bits per heavy atom. The third-order valence-electron chi connectivity index (χ3n) is 5.74. The fourth-order valence-corrected chi connectivity index (χ4v) is 4.11. The molecule has 2 N–H and O–H groups in total. The van der Waals surface area contributed by atoms with Gasteiger partial charge in [-0.2, -0.15) is 5.10 Å². The first-order valence-electron chi connectivity index (χ1n) is 9.93. The molecular formula is C21H28ClN5O2. The van der Waals surface area contributed by atoms with Gasteiger partial charge in [0.1, 0.15) is 0 Å². The maximum absolute atomic E-state index is 12.7. The van der Waals surface area contributed by atoms with Crippen molar-refractivity contribution in [1.82, 2.24) is 25.3 Å². The maximum atomic E-state index is 12.7. The number of amides is 2. The summed E-state index contributed by atoms with van der Waals surface area (Å²) in [4.78, 5) is 26.4. The summed E-state index contributed by atoms with van der Waals surface area (Å²) < 4.78 is 1.78. The lowest BCUT2D eigenvalue weighted by Crippen LogP contribution is -2.33. The predicted molar refractivity (Wildman–Crippen MR) is 112 cm³/mol. The normalized spacial score (nSPS) is 21.3. The van der Waals surface area contributed by atoms with E-state index in [-0.39, 0.29) is 36.1 Å². The molecule has 2 aliphatic heterocycles. The molecule has 8 heteroatoms. The zero-order valence-corrected chi connectivity index (χ0v) is 17.5. The minimum Gasteiger partial charge on any atom is -0.352 e. The molecule has 1 aromatic heterocycles. The van der Waals surface area contributed by atoms with E-state index in [0.29, 0.717) is 26.1 Å². The van der Waals surface area contributed by atoms with Gasteiger partial charge in [-0.05, 0) is 23.1 Å². The third kappa shape index (κ3) is 4.97. The molecule has 2 fully saturated rings. The molecule has 2 aromatic rings. The number of aryl methyl sites for hydroxylation is 1. The number of rotatable bonds is 6. The van der Waals surface area contributed by atoms with Crippen molar-refractivity contribution in [2.24, 2.45) is 13.0 Å². The lowest BCUT2D eigenvalue weighted by atomic mass is 9.90. The Labute approximate surface area is 177 Å². The van der Waals surface area contributed by atoms with E-state index in [1.807, 2.05) is 48.6 Å². The fraction of sp³-hybridized carbons (Fsp3) is 0.476. The Morgan fingerprint density at radius 3 is 2.66 bits per heavy atom. The molecular weight excluding hydrogens is 390 g/mol. The molecule has 2 amide bonds. The average Bonchev–Trinajstić information content (AvgIpc) is 3.43. The number of benzene rings is 1. The molecule has 0 saturated carbocycles. The summed E-state index contributed by atoms with van der Waals surface area (Å²) in [5.41, 5.74) is 3.30. The van der Waals surface area contributed by atoms with Crippen molar-refractivity contribution in [1.29, 1.82) is 0 Å². The van der Waals surface area contributed by atoms with Crippen LogP contribution in [0.25, 0.3) is 0 Å². The summed E-state index contributed by atoms with van der Waals surface area (Å²) in [5, 5.41) is 10.6. The molecule has 4 rings (SSSR count). The Bertz CT molecular complexity index is 851. The van der Waals surface area contributed by atoms with E-state index >= 15 is 0 Å². The number of nitrogens with zero attached hydrogens (tertiary/aromatic N) is 3. The number of carbonyl (C=O) groups is 2. The molecule has 0 unspecified atom stereocenters. The predicted octanol–water partition coefficient (Wildman–Crippen LogP) is 1.58. The van der Waals surface area contributed by atoms with Gasteiger partial charge in [0.05, 0.1) is 12.1 Å². The number of carbonyl (C=O) groups excluding carboxylic acids is 2. The van der Waals surface area contributed by atoms with E-state index in [1.165, 1.54) is 0 Å². The van der Waals surface area contributed by atoms with Crippen molar-refractivity contribution in [3.63, 3.8) is 0 Å². The van der Waals surface area contributed by atoms with Crippen molar-refractivity contribution in [2.45, 2.75) is 31.8 Å². The van der Waals surface area contributed by atoms with Crippen LogP contribution in [0.3, 0.4) is 0 Å². The van der Waals surface area contributed by atoms with Gasteiger partial charge in [0, 0.05) is 58.3 Å². The molecule has 2 saturated heterocycles. The summed E-state index contributed by atoms with van der Waals surface area (Å²) in [6.45, 7) is 3.52. The van der Waals surface area contributed by atoms with Gasteiger partial charge in [-0.1, -0.05) is 24.3 Å². The van der Waals surface area contributed by atoms with Crippen LogP contribution in [-0.4, -0.2) is 46.1 Å². The van der Waals surface area contributed by atoms with Crippen LogP contribution in [-0.2, 0) is 29.7 Å². The topological polar surface area (TPSA) is 79.3 Å². The lowest BCUT2D eigenvalue weighted by molar-refractivity contribution is -0.128. The first kappa shape index (κ1) is 21.3. The number of nitrogens with one attached hydrogen (secondary N) is 2. The summed E-state index contributed by atoms with van der Waals surface area (Å²) in [6.07, 6.45) is 5.46.